The van der Waals surface area contributed by atoms with Gasteiger partial charge in [0.2, 0.25) is 0 Å². The van der Waals surface area contributed by atoms with Crippen molar-refractivity contribution in [1.82, 2.24) is 0 Å². The molecule has 3 nitrogen and oxygen atoms in total. The van der Waals surface area contributed by atoms with E-state index in [1.807, 2.05) is 13.0 Å². The molecule has 1 amide bonds. The minimum Gasteiger partial charge on any atom is -0.384 e. The first-order valence-corrected chi connectivity index (χ1v) is 7.06. The van der Waals surface area contributed by atoms with E-state index in [-0.39, 0.29) is 12.5 Å². The van der Waals surface area contributed by atoms with Gasteiger partial charge in [-0.2, -0.15) is 0 Å². The van der Waals surface area contributed by atoms with E-state index >= 15 is 0 Å². The Balaban J connectivity index is 2.26. The molecular formula is C15H12ClNO2S. The monoisotopic (exact) mass is 305 g/mol. The molecule has 2 aromatic rings. The van der Waals surface area contributed by atoms with Gasteiger partial charge in [-0.05, 0) is 37.3 Å². The van der Waals surface area contributed by atoms with Crippen molar-refractivity contribution in [2.75, 3.05) is 11.9 Å². The zero-order chi connectivity index (χ0) is 14.5. The average Bonchev–Trinajstić information content (AvgIpc) is 2.85. The SMILES string of the molecule is Cc1ccc(C(=O)Nc2ccc(Cl)cc2C#CCO)s1. The minimum atomic E-state index is -0.246. The maximum absolute atomic E-state index is 12.1. The molecule has 0 bridgehead atoms. The third-order valence-electron chi connectivity index (χ3n) is 2.50. The molecule has 1 aromatic heterocycles. The maximum atomic E-state index is 12.1. The average molecular weight is 306 g/mol. The van der Waals surface area contributed by atoms with E-state index in [2.05, 4.69) is 17.2 Å². The van der Waals surface area contributed by atoms with E-state index in [9.17, 15) is 4.79 Å². The van der Waals surface area contributed by atoms with Crippen LogP contribution in [0.25, 0.3) is 0 Å². The summed E-state index contributed by atoms with van der Waals surface area (Å²) in [6.07, 6.45) is 0. The fourth-order valence-electron chi connectivity index (χ4n) is 1.60. The second-order valence-corrected chi connectivity index (χ2v) is 5.74. The van der Waals surface area contributed by atoms with Crippen molar-refractivity contribution in [2.24, 2.45) is 0 Å². The molecule has 0 radical (unpaired) electrons. The van der Waals surface area contributed by atoms with Crippen LogP contribution in [-0.4, -0.2) is 17.6 Å². The van der Waals surface area contributed by atoms with Crippen molar-refractivity contribution >= 4 is 34.5 Å². The zero-order valence-electron chi connectivity index (χ0n) is 10.7. The van der Waals surface area contributed by atoms with E-state index in [1.165, 1.54) is 11.3 Å². The molecule has 1 aromatic carbocycles. The van der Waals surface area contributed by atoms with Gasteiger partial charge in [-0.1, -0.05) is 23.4 Å². The summed E-state index contributed by atoms with van der Waals surface area (Å²) in [5, 5.41) is 12.1. The lowest BCUT2D eigenvalue weighted by atomic mass is 10.1. The number of nitrogens with one attached hydrogen (secondary N) is 1. The highest BCUT2D eigenvalue weighted by atomic mass is 35.5. The molecular weight excluding hydrogens is 294 g/mol. The van der Waals surface area contributed by atoms with Crippen molar-refractivity contribution < 1.29 is 9.90 Å². The van der Waals surface area contributed by atoms with E-state index in [0.29, 0.717) is 21.2 Å². The molecule has 0 aliphatic rings. The number of hydrogen-bond acceptors (Lipinski definition) is 3. The summed E-state index contributed by atoms with van der Waals surface area (Å²) in [5.41, 5.74) is 1.15. The van der Waals surface area contributed by atoms with Gasteiger partial charge < -0.3 is 10.4 Å². The molecule has 0 fully saturated rings. The number of aliphatic hydroxyl groups is 1. The van der Waals surface area contributed by atoms with Gasteiger partial charge in [-0.15, -0.1) is 11.3 Å². The molecule has 0 unspecified atom stereocenters. The Hall–Kier alpha value is -1.80. The highest BCUT2D eigenvalue weighted by Gasteiger charge is 2.10. The summed E-state index contributed by atoms with van der Waals surface area (Å²) in [7, 11) is 0. The second kappa shape index (κ2) is 6.58. The van der Waals surface area contributed by atoms with Crippen LogP contribution in [0.1, 0.15) is 20.1 Å². The molecule has 0 aliphatic heterocycles. The summed E-state index contributed by atoms with van der Waals surface area (Å²) in [5.74, 6) is 5.13. The molecule has 20 heavy (non-hydrogen) atoms. The Bertz CT molecular complexity index is 697. The third kappa shape index (κ3) is 3.61. The largest absolute Gasteiger partial charge is 0.384 e. The van der Waals surface area contributed by atoms with Crippen LogP contribution in [0.2, 0.25) is 5.02 Å². The molecule has 2 N–H and O–H groups in total. The van der Waals surface area contributed by atoms with Crippen LogP contribution in [-0.2, 0) is 0 Å². The highest BCUT2D eigenvalue weighted by Crippen LogP contribution is 2.22. The molecule has 0 saturated carbocycles. The fourth-order valence-corrected chi connectivity index (χ4v) is 2.54. The van der Waals surface area contributed by atoms with Gasteiger partial charge in [0.05, 0.1) is 10.6 Å². The van der Waals surface area contributed by atoms with Crippen molar-refractivity contribution in [3.63, 3.8) is 0 Å². The molecule has 0 spiro atoms. The molecule has 0 aliphatic carbocycles. The number of rotatable bonds is 2. The lowest BCUT2D eigenvalue weighted by Gasteiger charge is -2.06. The van der Waals surface area contributed by atoms with Crippen LogP contribution in [0, 0.1) is 18.8 Å². The number of hydrogen-bond donors (Lipinski definition) is 2. The Morgan fingerprint density at radius 3 is 2.85 bits per heavy atom. The van der Waals surface area contributed by atoms with Gasteiger partial charge in [-0.25, -0.2) is 0 Å². The molecule has 5 heteroatoms. The number of aryl methyl sites for hydroxylation is 1. The molecule has 1 heterocycles. The maximum Gasteiger partial charge on any atom is 0.265 e. The Morgan fingerprint density at radius 1 is 1.40 bits per heavy atom. The van der Waals surface area contributed by atoms with Crippen molar-refractivity contribution in [3.8, 4) is 11.8 Å². The van der Waals surface area contributed by atoms with Crippen LogP contribution < -0.4 is 5.32 Å². The first-order chi connectivity index (χ1) is 9.60. The van der Waals surface area contributed by atoms with Crippen molar-refractivity contribution in [3.05, 3.63) is 50.7 Å². The van der Waals surface area contributed by atoms with Crippen molar-refractivity contribution in [1.29, 1.82) is 0 Å². The predicted octanol–water partition coefficient (Wildman–Crippen LogP) is 3.31. The summed E-state index contributed by atoms with van der Waals surface area (Å²) in [6.45, 7) is 1.70. The molecule has 0 saturated heterocycles. The molecule has 102 valence electrons. The van der Waals surface area contributed by atoms with Crippen LogP contribution in [0.15, 0.2) is 30.3 Å². The zero-order valence-corrected chi connectivity index (χ0v) is 12.3. The first-order valence-electron chi connectivity index (χ1n) is 5.87. The van der Waals surface area contributed by atoms with E-state index in [4.69, 9.17) is 16.7 Å². The summed E-state index contributed by atoms with van der Waals surface area (Å²) in [6, 6.07) is 8.71. The second-order valence-electron chi connectivity index (χ2n) is 4.01. The first kappa shape index (κ1) is 14.6. The topological polar surface area (TPSA) is 49.3 Å². The number of carbonyl (C=O) groups is 1. The normalized spacial score (nSPS) is 9.75. The van der Waals surface area contributed by atoms with Gasteiger partial charge in [0.25, 0.3) is 5.91 Å². The molecule has 2 rings (SSSR count). The predicted molar refractivity (Wildman–Crippen MR) is 82.4 cm³/mol. The van der Waals surface area contributed by atoms with Crippen LogP contribution in [0.5, 0.6) is 0 Å². The van der Waals surface area contributed by atoms with Crippen molar-refractivity contribution in [2.45, 2.75) is 6.92 Å². The third-order valence-corrected chi connectivity index (χ3v) is 3.73. The van der Waals surface area contributed by atoms with Gasteiger partial charge in [0.1, 0.15) is 6.61 Å². The van der Waals surface area contributed by atoms with E-state index < -0.39 is 0 Å². The van der Waals surface area contributed by atoms with Crippen LogP contribution >= 0.6 is 22.9 Å². The number of carbonyl (C=O) groups excluding carboxylic acids is 1. The minimum absolute atomic E-state index is 0.183. The highest BCUT2D eigenvalue weighted by molar-refractivity contribution is 7.14. The van der Waals surface area contributed by atoms with E-state index in [1.54, 1.807) is 24.3 Å². The van der Waals surface area contributed by atoms with Gasteiger partial charge >= 0.3 is 0 Å². The summed E-state index contributed by atoms with van der Waals surface area (Å²) >= 11 is 7.34. The number of halogens is 1. The van der Waals surface area contributed by atoms with E-state index in [0.717, 1.165) is 4.88 Å². The quantitative estimate of drug-likeness (QED) is 0.836. The Kier molecular flexibility index (Phi) is 4.80. The lowest BCUT2D eigenvalue weighted by Crippen LogP contribution is -2.11. The number of anilines is 1. The number of aliphatic hydroxyl groups excluding tert-OH is 1. The Morgan fingerprint density at radius 2 is 2.20 bits per heavy atom. The standard InChI is InChI=1S/C15H12ClNO2S/c1-10-4-7-14(20-10)15(19)17-13-6-5-12(16)9-11(13)3-2-8-18/h4-7,9,18H,8H2,1H3,(H,17,19). The summed E-state index contributed by atoms with van der Waals surface area (Å²) in [4.78, 5) is 13.8. The summed E-state index contributed by atoms with van der Waals surface area (Å²) < 4.78 is 0. The van der Waals surface area contributed by atoms with Gasteiger partial charge in [-0.3, -0.25) is 4.79 Å². The number of thiophene rings is 1. The number of benzene rings is 1. The van der Waals surface area contributed by atoms with Gasteiger partial charge in [0.15, 0.2) is 0 Å². The van der Waals surface area contributed by atoms with Crippen LogP contribution in [0.4, 0.5) is 5.69 Å². The number of amides is 1. The Labute approximate surface area is 126 Å². The molecule has 0 atom stereocenters. The lowest BCUT2D eigenvalue weighted by molar-refractivity contribution is 0.103. The van der Waals surface area contributed by atoms with Gasteiger partial charge in [0, 0.05) is 15.5 Å². The fraction of sp³-hybridized carbons (Fsp3) is 0.133. The smallest absolute Gasteiger partial charge is 0.265 e. The van der Waals surface area contributed by atoms with Crippen LogP contribution in [0.3, 0.4) is 0 Å².